The molecule has 0 aliphatic carbocycles. The minimum Gasteiger partial charge on any atom is -0.497 e. The van der Waals surface area contributed by atoms with Crippen LogP contribution in [0.1, 0.15) is 31.8 Å². The number of hydrogen-bond acceptors (Lipinski definition) is 7. The Balaban J connectivity index is 1.29. The summed E-state index contributed by atoms with van der Waals surface area (Å²) in [6, 6.07) is 25.6. The first-order valence-corrected chi connectivity index (χ1v) is 13.2. The van der Waals surface area contributed by atoms with Gasteiger partial charge in [0, 0.05) is 11.3 Å². The van der Waals surface area contributed by atoms with Gasteiger partial charge in [-0.05, 0) is 97.4 Å². The zero-order valence-electron chi connectivity index (χ0n) is 21.1. The number of anilines is 1. The van der Waals surface area contributed by atoms with Crippen LogP contribution >= 0.6 is 0 Å². The average molecular weight is 544 g/mol. The first-order valence-electron chi connectivity index (χ1n) is 11.7. The molecule has 4 aromatic rings. The van der Waals surface area contributed by atoms with Gasteiger partial charge in [0.2, 0.25) is 0 Å². The van der Waals surface area contributed by atoms with Crippen molar-refractivity contribution in [3.8, 4) is 11.5 Å². The summed E-state index contributed by atoms with van der Waals surface area (Å²) in [4.78, 5) is 24.8. The van der Waals surface area contributed by atoms with Gasteiger partial charge in [-0.25, -0.2) is 18.6 Å². The van der Waals surface area contributed by atoms with Crippen LogP contribution < -0.4 is 19.6 Å². The van der Waals surface area contributed by atoms with E-state index in [1.165, 1.54) is 42.6 Å². The number of hydrazone groups is 1. The number of amides is 1. The Bertz CT molecular complexity index is 1580. The van der Waals surface area contributed by atoms with E-state index in [1.807, 2.05) is 6.92 Å². The van der Waals surface area contributed by atoms with Gasteiger partial charge in [0.15, 0.2) is 0 Å². The van der Waals surface area contributed by atoms with E-state index in [2.05, 4.69) is 15.2 Å². The first kappa shape index (κ1) is 27.1. The number of esters is 1. The van der Waals surface area contributed by atoms with Crippen LogP contribution in [0.2, 0.25) is 0 Å². The molecule has 0 aromatic heterocycles. The van der Waals surface area contributed by atoms with Crippen molar-refractivity contribution in [2.45, 2.75) is 11.8 Å². The molecule has 0 aliphatic rings. The standard InChI is InChI=1S/C29H25N3O6S/c1-20-3-17-27(18-4-20)39(35,36)32-24-11-7-22(8-12-24)28(33)31-30-19-21-5-13-26(14-6-21)38-29(34)23-9-15-25(37-2)16-10-23/h3-19,32H,1-2H3,(H,31,33)/b30-19+. The minimum atomic E-state index is -3.74. The summed E-state index contributed by atoms with van der Waals surface area (Å²) in [5, 5.41) is 3.95. The second kappa shape index (κ2) is 12.1. The highest BCUT2D eigenvalue weighted by molar-refractivity contribution is 7.92. The van der Waals surface area contributed by atoms with Crippen molar-refractivity contribution in [2.75, 3.05) is 11.8 Å². The fraction of sp³-hybridized carbons (Fsp3) is 0.0690. The first-order chi connectivity index (χ1) is 18.7. The Morgan fingerprint density at radius 2 is 1.36 bits per heavy atom. The molecule has 0 aliphatic heterocycles. The molecule has 0 unspecified atom stereocenters. The molecule has 4 rings (SSSR count). The lowest BCUT2D eigenvalue weighted by Crippen LogP contribution is -2.18. The zero-order chi connectivity index (χ0) is 27.8. The Morgan fingerprint density at radius 1 is 0.769 bits per heavy atom. The van der Waals surface area contributed by atoms with Gasteiger partial charge in [0.1, 0.15) is 11.5 Å². The Kier molecular flexibility index (Phi) is 8.37. The van der Waals surface area contributed by atoms with E-state index in [-0.39, 0.29) is 4.90 Å². The number of aryl methyl sites for hydroxylation is 1. The van der Waals surface area contributed by atoms with Crippen LogP contribution in [0, 0.1) is 6.92 Å². The smallest absolute Gasteiger partial charge is 0.343 e. The largest absolute Gasteiger partial charge is 0.497 e. The Morgan fingerprint density at radius 3 is 1.97 bits per heavy atom. The maximum absolute atomic E-state index is 12.5. The van der Waals surface area contributed by atoms with Gasteiger partial charge in [0.25, 0.3) is 15.9 Å². The van der Waals surface area contributed by atoms with E-state index < -0.39 is 21.9 Å². The number of rotatable bonds is 9. The number of benzene rings is 4. The molecule has 0 bridgehead atoms. The number of methoxy groups -OCH3 is 1. The third-order valence-electron chi connectivity index (χ3n) is 5.53. The zero-order valence-corrected chi connectivity index (χ0v) is 21.9. The molecule has 0 saturated carbocycles. The predicted octanol–water partition coefficient (Wildman–Crippen LogP) is 4.79. The number of carbonyl (C=O) groups is 2. The van der Waals surface area contributed by atoms with E-state index in [4.69, 9.17) is 9.47 Å². The summed E-state index contributed by atoms with van der Waals surface area (Å²) in [6.45, 7) is 1.87. The van der Waals surface area contributed by atoms with Crippen molar-refractivity contribution in [3.05, 3.63) is 119 Å². The summed E-state index contributed by atoms with van der Waals surface area (Å²) in [6.07, 6.45) is 1.44. The molecule has 4 aromatic carbocycles. The second-order valence-electron chi connectivity index (χ2n) is 8.38. The molecular formula is C29H25N3O6S. The molecule has 0 saturated heterocycles. The van der Waals surface area contributed by atoms with Crippen LogP contribution in [-0.2, 0) is 10.0 Å². The molecule has 39 heavy (non-hydrogen) atoms. The van der Waals surface area contributed by atoms with Crippen LogP contribution in [0.15, 0.2) is 107 Å². The number of nitrogens with zero attached hydrogens (tertiary/aromatic N) is 1. The third-order valence-corrected chi connectivity index (χ3v) is 6.92. The molecule has 0 spiro atoms. The van der Waals surface area contributed by atoms with Crippen LogP contribution in [0.25, 0.3) is 0 Å². The highest BCUT2D eigenvalue weighted by Gasteiger charge is 2.14. The van der Waals surface area contributed by atoms with E-state index >= 15 is 0 Å². The lowest BCUT2D eigenvalue weighted by Gasteiger charge is -2.09. The summed E-state index contributed by atoms with van der Waals surface area (Å²) in [5.74, 6) is 0.0280. The average Bonchev–Trinajstić information content (AvgIpc) is 2.94. The van der Waals surface area contributed by atoms with Gasteiger partial charge in [-0.15, -0.1) is 0 Å². The molecule has 0 radical (unpaired) electrons. The molecule has 198 valence electrons. The van der Waals surface area contributed by atoms with Crippen molar-refractivity contribution in [3.63, 3.8) is 0 Å². The number of hydrogen-bond donors (Lipinski definition) is 2. The SMILES string of the molecule is COc1ccc(C(=O)Oc2ccc(/C=N/NC(=O)c3ccc(NS(=O)(=O)c4ccc(C)cc4)cc3)cc2)cc1. The summed E-state index contributed by atoms with van der Waals surface area (Å²) < 4.78 is 38.0. The number of sulfonamides is 1. The summed E-state index contributed by atoms with van der Waals surface area (Å²) in [5.41, 5.74) is 5.05. The van der Waals surface area contributed by atoms with Gasteiger partial charge >= 0.3 is 5.97 Å². The Hall–Kier alpha value is -4.96. The highest BCUT2D eigenvalue weighted by atomic mass is 32.2. The third kappa shape index (κ3) is 7.30. The number of nitrogens with one attached hydrogen (secondary N) is 2. The lowest BCUT2D eigenvalue weighted by atomic mass is 10.2. The summed E-state index contributed by atoms with van der Waals surface area (Å²) >= 11 is 0. The van der Waals surface area contributed by atoms with Gasteiger partial charge in [-0.3, -0.25) is 9.52 Å². The van der Waals surface area contributed by atoms with Crippen molar-refractivity contribution < 1.29 is 27.5 Å². The van der Waals surface area contributed by atoms with Crippen molar-refractivity contribution in [2.24, 2.45) is 5.10 Å². The maximum Gasteiger partial charge on any atom is 0.343 e. The molecule has 2 N–H and O–H groups in total. The van der Waals surface area contributed by atoms with E-state index in [1.54, 1.807) is 67.8 Å². The fourth-order valence-electron chi connectivity index (χ4n) is 3.37. The minimum absolute atomic E-state index is 0.146. The van der Waals surface area contributed by atoms with Gasteiger partial charge in [-0.2, -0.15) is 5.10 Å². The predicted molar refractivity (Wildman–Crippen MR) is 148 cm³/mol. The normalized spacial score (nSPS) is 11.1. The molecule has 0 fully saturated rings. The van der Waals surface area contributed by atoms with Crippen LogP contribution in [0.4, 0.5) is 5.69 Å². The van der Waals surface area contributed by atoms with Crippen LogP contribution in [-0.4, -0.2) is 33.6 Å². The van der Waals surface area contributed by atoms with E-state index in [0.717, 1.165) is 5.56 Å². The fourth-order valence-corrected chi connectivity index (χ4v) is 4.42. The molecule has 0 heterocycles. The molecule has 10 heteroatoms. The second-order valence-corrected chi connectivity index (χ2v) is 10.1. The van der Waals surface area contributed by atoms with Crippen LogP contribution in [0.5, 0.6) is 11.5 Å². The maximum atomic E-state index is 12.5. The van der Waals surface area contributed by atoms with Crippen molar-refractivity contribution in [1.82, 2.24) is 5.43 Å². The van der Waals surface area contributed by atoms with E-state index in [0.29, 0.717) is 33.9 Å². The summed E-state index contributed by atoms with van der Waals surface area (Å²) in [7, 11) is -2.20. The van der Waals surface area contributed by atoms with Gasteiger partial charge in [0.05, 0.1) is 23.8 Å². The molecule has 9 nitrogen and oxygen atoms in total. The molecule has 1 amide bonds. The lowest BCUT2D eigenvalue weighted by molar-refractivity contribution is 0.0734. The van der Waals surface area contributed by atoms with Gasteiger partial charge < -0.3 is 9.47 Å². The van der Waals surface area contributed by atoms with Gasteiger partial charge in [-0.1, -0.05) is 17.7 Å². The van der Waals surface area contributed by atoms with Crippen molar-refractivity contribution in [1.29, 1.82) is 0 Å². The number of carbonyl (C=O) groups excluding carboxylic acids is 2. The van der Waals surface area contributed by atoms with Crippen LogP contribution in [0.3, 0.4) is 0 Å². The highest BCUT2D eigenvalue weighted by Crippen LogP contribution is 2.18. The quantitative estimate of drug-likeness (QED) is 0.135. The molecule has 0 atom stereocenters. The number of ether oxygens (including phenoxy) is 2. The molecular weight excluding hydrogens is 518 g/mol. The van der Waals surface area contributed by atoms with E-state index in [9.17, 15) is 18.0 Å². The topological polar surface area (TPSA) is 123 Å². The monoisotopic (exact) mass is 543 g/mol. The van der Waals surface area contributed by atoms with Crippen molar-refractivity contribution >= 4 is 33.8 Å². The Labute approximate surface area is 226 Å².